The van der Waals surface area contributed by atoms with Gasteiger partial charge in [0.2, 0.25) is 0 Å². The second-order valence-electron chi connectivity index (χ2n) is 7.03. The molecule has 1 amide bonds. The van der Waals surface area contributed by atoms with Crippen molar-refractivity contribution < 1.29 is 14.3 Å². The second kappa shape index (κ2) is 8.37. The van der Waals surface area contributed by atoms with Crippen molar-refractivity contribution in [2.75, 3.05) is 19.7 Å². The molecule has 0 radical (unpaired) electrons. The zero-order valence-electron chi connectivity index (χ0n) is 16.3. The molecular weight excluding hydrogens is 342 g/mol. The van der Waals surface area contributed by atoms with Gasteiger partial charge in [0.1, 0.15) is 0 Å². The van der Waals surface area contributed by atoms with Crippen LogP contribution < -0.4 is 0 Å². The van der Waals surface area contributed by atoms with Crippen LogP contribution in [-0.4, -0.2) is 46.3 Å². The summed E-state index contributed by atoms with van der Waals surface area (Å²) in [5.74, 6) is -0.482. The molecule has 0 saturated carbocycles. The lowest BCUT2D eigenvalue weighted by Gasteiger charge is -2.31. The van der Waals surface area contributed by atoms with Gasteiger partial charge in [-0.25, -0.2) is 0 Å². The molecule has 0 bridgehead atoms. The van der Waals surface area contributed by atoms with E-state index in [2.05, 4.69) is 5.10 Å². The van der Waals surface area contributed by atoms with Gasteiger partial charge in [-0.15, -0.1) is 0 Å². The van der Waals surface area contributed by atoms with E-state index in [-0.39, 0.29) is 17.8 Å². The molecular formula is C21H27N3O3. The molecule has 0 aliphatic carbocycles. The number of carbonyl (C=O) groups is 2. The van der Waals surface area contributed by atoms with Crippen LogP contribution in [0.5, 0.6) is 0 Å². The van der Waals surface area contributed by atoms with Gasteiger partial charge in [0, 0.05) is 18.8 Å². The molecule has 27 heavy (non-hydrogen) atoms. The van der Waals surface area contributed by atoms with E-state index >= 15 is 0 Å². The van der Waals surface area contributed by atoms with Crippen molar-refractivity contribution >= 4 is 11.9 Å². The van der Waals surface area contributed by atoms with Crippen molar-refractivity contribution in [1.82, 2.24) is 14.7 Å². The number of hydrogen-bond acceptors (Lipinski definition) is 4. The lowest BCUT2D eigenvalue weighted by molar-refractivity contribution is -0.149. The summed E-state index contributed by atoms with van der Waals surface area (Å²) in [4.78, 5) is 27.0. The van der Waals surface area contributed by atoms with Gasteiger partial charge < -0.3 is 9.64 Å². The SMILES string of the molecule is CCOC(=O)[C@H]1CCCN(C(=O)c2c(C)nn(Cc3ccccc3)c2C)C1. The predicted molar refractivity (Wildman–Crippen MR) is 103 cm³/mol. The van der Waals surface area contributed by atoms with Crippen molar-refractivity contribution in [1.29, 1.82) is 0 Å². The number of carbonyl (C=O) groups excluding carboxylic acids is 2. The Morgan fingerprint density at radius 2 is 1.96 bits per heavy atom. The minimum Gasteiger partial charge on any atom is -0.466 e. The Morgan fingerprint density at radius 1 is 1.22 bits per heavy atom. The van der Waals surface area contributed by atoms with Gasteiger partial charge in [-0.2, -0.15) is 5.10 Å². The van der Waals surface area contributed by atoms with Crippen molar-refractivity contribution in [2.45, 2.75) is 40.2 Å². The summed E-state index contributed by atoms with van der Waals surface area (Å²) in [5, 5.41) is 4.58. The quantitative estimate of drug-likeness (QED) is 0.760. The van der Waals surface area contributed by atoms with Gasteiger partial charge in [-0.1, -0.05) is 30.3 Å². The molecule has 1 saturated heterocycles. The Kier molecular flexibility index (Phi) is 5.94. The molecule has 1 aliphatic rings. The van der Waals surface area contributed by atoms with Crippen molar-refractivity contribution in [3.8, 4) is 0 Å². The second-order valence-corrected chi connectivity index (χ2v) is 7.03. The molecule has 1 atom stereocenters. The van der Waals surface area contributed by atoms with Gasteiger partial charge in [0.15, 0.2) is 0 Å². The lowest BCUT2D eigenvalue weighted by atomic mass is 9.97. The predicted octanol–water partition coefficient (Wildman–Crippen LogP) is 2.96. The first kappa shape index (κ1) is 19.1. The van der Waals surface area contributed by atoms with E-state index in [4.69, 9.17) is 4.74 Å². The summed E-state index contributed by atoms with van der Waals surface area (Å²) in [6.45, 7) is 7.69. The number of likely N-dealkylation sites (tertiary alicyclic amines) is 1. The van der Waals surface area contributed by atoms with E-state index in [0.29, 0.717) is 31.8 Å². The first-order chi connectivity index (χ1) is 13.0. The number of hydrogen-bond donors (Lipinski definition) is 0. The van der Waals surface area contributed by atoms with Gasteiger partial charge >= 0.3 is 5.97 Å². The van der Waals surface area contributed by atoms with Gasteiger partial charge in [-0.05, 0) is 39.2 Å². The standard InChI is InChI=1S/C21H27N3O3/c1-4-27-21(26)18-11-8-12-23(14-18)20(25)19-15(2)22-24(16(19)3)13-17-9-6-5-7-10-17/h5-7,9-10,18H,4,8,11-14H2,1-3H3/t18-/m0/s1. The lowest BCUT2D eigenvalue weighted by Crippen LogP contribution is -2.43. The third-order valence-electron chi connectivity index (χ3n) is 5.10. The van der Waals surface area contributed by atoms with Crippen LogP contribution in [0.25, 0.3) is 0 Å². The van der Waals surface area contributed by atoms with Crippen LogP contribution in [0.3, 0.4) is 0 Å². The maximum absolute atomic E-state index is 13.2. The Balaban J connectivity index is 1.77. The molecule has 1 fully saturated rings. The summed E-state index contributed by atoms with van der Waals surface area (Å²) < 4.78 is 7.02. The molecule has 0 N–H and O–H groups in total. The van der Waals surface area contributed by atoms with E-state index < -0.39 is 0 Å². The Hall–Kier alpha value is -2.63. The highest BCUT2D eigenvalue weighted by molar-refractivity contribution is 5.96. The number of benzene rings is 1. The minimum absolute atomic E-state index is 0.0432. The summed E-state index contributed by atoms with van der Waals surface area (Å²) in [6.07, 6.45) is 1.58. The summed E-state index contributed by atoms with van der Waals surface area (Å²) >= 11 is 0. The van der Waals surface area contributed by atoms with E-state index in [1.165, 1.54) is 0 Å². The molecule has 0 spiro atoms. The van der Waals surface area contributed by atoms with Crippen LogP contribution in [0, 0.1) is 19.8 Å². The number of esters is 1. The minimum atomic E-state index is -0.234. The van der Waals surface area contributed by atoms with Crippen LogP contribution in [0.15, 0.2) is 30.3 Å². The third-order valence-corrected chi connectivity index (χ3v) is 5.10. The molecule has 1 aromatic carbocycles. The van der Waals surface area contributed by atoms with Crippen molar-refractivity contribution in [3.05, 3.63) is 52.8 Å². The normalized spacial score (nSPS) is 17.0. The van der Waals surface area contributed by atoms with E-state index in [0.717, 1.165) is 29.8 Å². The topological polar surface area (TPSA) is 64.4 Å². The number of rotatable bonds is 5. The number of ether oxygens (including phenoxy) is 1. The molecule has 0 unspecified atom stereocenters. The number of aryl methyl sites for hydroxylation is 1. The average molecular weight is 369 g/mol. The third kappa shape index (κ3) is 4.21. The molecule has 1 aliphatic heterocycles. The maximum atomic E-state index is 13.2. The Morgan fingerprint density at radius 3 is 2.67 bits per heavy atom. The molecule has 6 nitrogen and oxygen atoms in total. The Bertz CT molecular complexity index is 814. The summed E-state index contributed by atoms with van der Waals surface area (Å²) in [5.41, 5.74) is 3.38. The Labute approximate surface area is 160 Å². The number of amides is 1. The van der Waals surface area contributed by atoms with Crippen molar-refractivity contribution in [2.24, 2.45) is 5.92 Å². The number of piperidine rings is 1. The highest BCUT2D eigenvalue weighted by Gasteiger charge is 2.32. The van der Waals surface area contributed by atoms with Crippen LogP contribution in [0.4, 0.5) is 0 Å². The fourth-order valence-electron chi connectivity index (χ4n) is 3.69. The number of nitrogens with zero attached hydrogens (tertiary/aromatic N) is 3. The van der Waals surface area contributed by atoms with Crippen LogP contribution in [-0.2, 0) is 16.1 Å². The fourth-order valence-corrected chi connectivity index (χ4v) is 3.69. The summed E-state index contributed by atoms with van der Waals surface area (Å²) in [7, 11) is 0. The molecule has 144 valence electrons. The van der Waals surface area contributed by atoms with Gasteiger partial charge in [0.25, 0.3) is 5.91 Å². The van der Waals surface area contributed by atoms with E-state index in [1.54, 1.807) is 11.8 Å². The van der Waals surface area contributed by atoms with E-state index in [1.807, 2.05) is 48.9 Å². The van der Waals surface area contributed by atoms with Gasteiger partial charge in [-0.3, -0.25) is 14.3 Å². The molecule has 2 heterocycles. The number of aromatic nitrogens is 2. The zero-order valence-corrected chi connectivity index (χ0v) is 16.3. The van der Waals surface area contributed by atoms with Crippen LogP contribution >= 0.6 is 0 Å². The smallest absolute Gasteiger partial charge is 0.310 e. The van der Waals surface area contributed by atoms with Crippen LogP contribution in [0.1, 0.15) is 47.1 Å². The maximum Gasteiger partial charge on any atom is 0.310 e. The van der Waals surface area contributed by atoms with Crippen molar-refractivity contribution in [3.63, 3.8) is 0 Å². The van der Waals surface area contributed by atoms with Gasteiger partial charge in [0.05, 0.1) is 30.3 Å². The highest BCUT2D eigenvalue weighted by Crippen LogP contribution is 2.23. The molecule has 1 aromatic heterocycles. The monoisotopic (exact) mass is 369 g/mol. The largest absolute Gasteiger partial charge is 0.466 e. The first-order valence-electron chi connectivity index (χ1n) is 9.55. The molecule has 3 rings (SSSR count). The zero-order chi connectivity index (χ0) is 19.4. The molecule has 2 aromatic rings. The average Bonchev–Trinajstić information content (AvgIpc) is 2.95. The van der Waals surface area contributed by atoms with Crippen LogP contribution in [0.2, 0.25) is 0 Å². The first-order valence-corrected chi connectivity index (χ1v) is 9.55. The fraction of sp³-hybridized carbons (Fsp3) is 0.476. The molecule has 6 heteroatoms. The summed E-state index contributed by atoms with van der Waals surface area (Å²) in [6, 6.07) is 10.1. The highest BCUT2D eigenvalue weighted by atomic mass is 16.5. The van der Waals surface area contributed by atoms with E-state index in [9.17, 15) is 9.59 Å².